The van der Waals surface area contributed by atoms with E-state index in [1.807, 2.05) is 36.0 Å². The summed E-state index contributed by atoms with van der Waals surface area (Å²) in [5, 5.41) is 10.3. The van der Waals surface area contributed by atoms with E-state index in [2.05, 4.69) is 0 Å². The average Bonchev–Trinajstić information content (AvgIpc) is 2.67. The van der Waals surface area contributed by atoms with Crippen LogP contribution in [0.4, 0.5) is 0 Å². The van der Waals surface area contributed by atoms with Crippen LogP contribution in [0.3, 0.4) is 0 Å². The van der Waals surface area contributed by atoms with E-state index >= 15 is 0 Å². The van der Waals surface area contributed by atoms with E-state index in [1.54, 1.807) is 0 Å². The highest BCUT2D eigenvalue weighted by atomic mass is 32.2. The van der Waals surface area contributed by atoms with E-state index in [1.165, 1.54) is 0 Å². The molecule has 0 spiro atoms. The largest absolute Gasteiger partial charge is 0.384 e. The zero-order valence-corrected chi connectivity index (χ0v) is 8.89. The minimum Gasteiger partial charge on any atom is -0.384 e. The Hall–Kier alpha value is -0.510. The molecular weight excluding hydrogens is 194 g/mol. The first kappa shape index (κ1) is 10.0. The molecule has 0 aromatic heterocycles. The Morgan fingerprint density at radius 1 is 1.50 bits per heavy atom. The Morgan fingerprint density at radius 3 is 3.00 bits per heavy atom. The molecule has 0 saturated carbocycles. The van der Waals surface area contributed by atoms with Crippen LogP contribution in [0.2, 0.25) is 0 Å². The fourth-order valence-electron chi connectivity index (χ4n) is 1.77. The van der Waals surface area contributed by atoms with Gasteiger partial charge in [-0.2, -0.15) is 11.8 Å². The highest BCUT2D eigenvalue weighted by Crippen LogP contribution is 2.36. The Kier molecular flexibility index (Phi) is 2.81. The number of hydrogen-bond acceptors (Lipinski definition) is 3. The third-order valence-electron chi connectivity index (χ3n) is 2.70. The average molecular weight is 209 g/mol. The molecule has 0 aliphatic carbocycles. The molecule has 1 saturated heterocycles. The number of rotatable bonds is 2. The van der Waals surface area contributed by atoms with Crippen LogP contribution in [-0.2, 0) is 12.1 Å². The second-order valence-electron chi connectivity index (χ2n) is 3.74. The zero-order valence-electron chi connectivity index (χ0n) is 8.07. The second kappa shape index (κ2) is 3.93. The van der Waals surface area contributed by atoms with Gasteiger partial charge in [-0.3, -0.25) is 0 Å². The van der Waals surface area contributed by atoms with Gasteiger partial charge in [-0.1, -0.05) is 24.3 Å². The van der Waals surface area contributed by atoms with Gasteiger partial charge in [0.05, 0.1) is 5.60 Å². The van der Waals surface area contributed by atoms with Crippen molar-refractivity contribution >= 4 is 11.8 Å². The van der Waals surface area contributed by atoms with Crippen molar-refractivity contribution in [1.29, 1.82) is 0 Å². The maximum atomic E-state index is 10.3. The number of hydrogen-bond donors (Lipinski definition) is 2. The molecule has 14 heavy (non-hydrogen) atoms. The van der Waals surface area contributed by atoms with Gasteiger partial charge in [0.1, 0.15) is 0 Å². The van der Waals surface area contributed by atoms with Crippen molar-refractivity contribution in [3.63, 3.8) is 0 Å². The molecule has 1 unspecified atom stereocenters. The van der Waals surface area contributed by atoms with Crippen molar-refractivity contribution < 1.29 is 5.11 Å². The van der Waals surface area contributed by atoms with Crippen molar-refractivity contribution in [2.45, 2.75) is 18.6 Å². The maximum Gasteiger partial charge on any atom is 0.0994 e. The molecule has 0 radical (unpaired) electrons. The molecule has 1 aliphatic heterocycles. The van der Waals surface area contributed by atoms with Crippen molar-refractivity contribution in [3.8, 4) is 0 Å². The third-order valence-corrected chi connectivity index (χ3v) is 3.88. The summed E-state index contributed by atoms with van der Waals surface area (Å²) in [5.74, 6) is 1.85. The summed E-state index contributed by atoms with van der Waals surface area (Å²) in [6.07, 6.45) is 0.853. The Balaban J connectivity index is 2.30. The zero-order chi connectivity index (χ0) is 10.0. The van der Waals surface area contributed by atoms with Crippen LogP contribution < -0.4 is 5.73 Å². The lowest BCUT2D eigenvalue weighted by atomic mass is 9.92. The normalized spacial score (nSPS) is 26.7. The van der Waals surface area contributed by atoms with Crippen molar-refractivity contribution in [3.05, 3.63) is 35.4 Å². The first-order chi connectivity index (χ1) is 6.74. The summed E-state index contributed by atoms with van der Waals surface area (Å²) in [4.78, 5) is 0. The van der Waals surface area contributed by atoms with Crippen LogP contribution >= 0.6 is 11.8 Å². The van der Waals surface area contributed by atoms with Gasteiger partial charge in [-0.05, 0) is 23.3 Å². The van der Waals surface area contributed by atoms with Crippen LogP contribution in [0.25, 0.3) is 0 Å². The molecular formula is C11H15NOS. The number of aliphatic hydroxyl groups is 1. The van der Waals surface area contributed by atoms with Crippen LogP contribution in [0.15, 0.2) is 24.3 Å². The van der Waals surface area contributed by atoms with Crippen LogP contribution in [0.1, 0.15) is 17.5 Å². The van der Waals surface area contributed by atoms with E-state index < -0.39 is 5.60 Å². The first-order valence-electron chi connectivity index (χ1n) is 4.84. The summed E-state index contributed by atoms with van der Waals surface area (Å²) in [6, 6.07) is 7.98. The van der Waals surface area contributed by atoms with E-state index in [0.717, 1.165) is 29.1 Å². The van der Waals surface area contributed by atoms with E-state index in [0.29, 0.717) is 6.54 Å². The molecule has 1 heterocycles. The van der Waals surface area contributed by atoms with Gasteiger partial charge in [-0.15, -0.1) is 0 Å². The molecule has 1 atom stereocenters. The minimum atomic E-state index is -0.615. The quantitative estimate of drug-likeness (QED) is 0.775. The predicted molar refractivity (Wildman–Crippen MR) is 60.2 cm³/mol. The topological polar surface area (TPSA) is 46.2 Å². The minimum absolute atomic E-state index is 0.539. The van der Waals surface area contributed by atoms with Gasteiger partial charge in [0.25, 0.3) is 0 Å². The second-order valence-corrected chi connectivity index (χ2v) is 4.84. The van der Waals surface area contributed by atoms with Gasteiger partial charge >= 0.3 is 0 Å². The lowest BCUT2D eigenvalue weighted by Gasteiger charge is -2.22. The SMILES string of the molecule is NCc1cccc(C2(O)CCSC2)c1. The van der Waals surface area contributed by atoms with E-state index in [4.69, 9.17) is 5.73 Å². The summed E-state index contributed by atoms with van der Waals surface area (Å²) >= 11 is 1.81. The van der Waals surface area contributed by atoms with Gasteiger partial charge in [0, 0.05) is 12.3 Å². The lowest BCUT2D eigenvalue weighted by molar-refractivity contribution is 0.0657. The molecule has 3 heteroatoms. The highest BCUT2D eigenvalue weighted by molar-refractivity contribution is 7.99. The summed E-state index contributed by atoms with van der Waals surface area (Å²) in [6.45, 7) is 0.539. The Morgan fingerprint density at radius 2 is 2.36 bits per heavy atom. The van der Waals surface area contributed by atoms with Gasteiger partial charge < -0.3 is 10.8 Å². The summed E-state index contributed by atoms with van der Waals surface area (Å²) in [5.41, 5.74) is 7.07. The molecule has 2 rings (SSSR count). The van der Waals surface area contributed by atoms with E-state index in [-0.39, 0.29) is 0 Å². The molecule has 1 aromatic rings. The number of thioether (sulfide) groups is 1. The fourth-order valence-corrected chi connectivity index (χ4v) is 3.04. The molecule has 76 valence electrons. The van der Waals surface area contributed by atoms with Crippen molar-refractivity contribution in [1.82, 2.24) is 0 Å². The molecule has 3 N–H and O–H groups in total. The molecule has 0 bridgehead atoms. The van der Waals surface area contributed by atoms with Crippen LogP contribution in [0.5, 0.6) is 0 Å². The summed E-state index contributed by atoms with van der Waals surface area (Å²) < 4.78 is 0. The number of nitrogens with two attached hydrogens (primary N) is 1. The van der Waals surface area contributed by atoms with Crippen LogP contribution in [-0.4, -0.2) is 16.6 Å². The molecule has 1 aliphatic rings. The molecule has 1 aromatic carbocycles. The monoisotopic (exact) mass is 209 g/mol. The lowest BCUT2D eigenvalue weighted by Crippen LogP contribution is -2.24. The predicted octanol–water partition coefficient (Wildman–Crippen LogP) is 1.47. The van der Waals surface area contributed by atoms with Crippen molar-refractivity contribution in [2.75, 3.05) is 11.5 Å². The first-order valence-corrected chi connectivity index (χ1v) is 6.00. The maximum absolute atomic E-state index is 10.3. The van der Waals surface area contributed by atoms with Gasteiger partial charge in [-0.25, -0.2) is 0 Å². The molecule has 1 fully saturated rings. The molecule has 0 amide bonds. The third kappa shape index (κ3) is 1.80. The van der Waals surface area contributed by atoms with Gasteiger partial charge in [0.15, 0.2) is 0 Å². The standard InChI is InChI=1S/C11H15NOS/c12-7-9-2-1-3-10(6-9)11(13)4-5-14-8-11/h1-3,6,13H,4-5,7-8,12H2. The smallest absolute Gasteiger partial charge is 0.0994 e. The summed E-state index contributed by atoms with van der Waals surface area (Å²) in [7, 11) is 0. The Bertz CT molecular complexity index is 321. The highest BCUT2D eigenvalue weighted by Gasteiger charge is 2.33. The number of benzene rings is 1. The van der Waals surface area contributed by atoms with Gasteiger partial charge in [0.2, 0.25) is 0 Å². The van der Waals surface area contributed by atoms with Crippen LogP contribution in [0, 0.1) is 0 Å². The van der Waals surface area contributed by atoms with E-state index in [9.17, 15) is 5.11 Å². The van der Waals surface area contributed by atoms with Crippen molar-refractivity contribution in [2.24, 2.45) is 5.73 Å². The fraction of sp³-hybridized carbons (Fsp3) is 0.455. The Labute approximate surface area is 88.5 Å². The molecule has 2 nitrogen and oxygen atoms in total.